The number of rotatable bonds is 5. The van der Waals surface area contributed by atoms with E-state index in [2.05, 4.69) is 24.1 Å². The van der Waals surface area contributed by atoms with Crippen LogP contribution in [0.25, 0.3) is 10.1 Å². The molecule has 24 heavy (non-hydrogen) atoms. The molecule has 0 unspecified atom stereocenters. The highest BCUT2D eigenvalue weighted by Crippen LogP contribution is 2.33. The number of hydrogen-bond acceptors (Lipinski definition) is 4. The lowest BCUT2D eigenvalue weighted by Gasteiger charge is -2.06. The second kappa shape index (κ2) is 8.51. The fourth-order valence-corrected chi connectivity index (χ4v) is 3.22. The van der Waals surface area contributed by atoms with Crippen molar-refractivity contribution < 1.29 is 14.3 Å². The Kier molecular flexibility index (Phi) is 6.39. The molecule has 1 aromatic carbocycles. The maximum absolute atomic E-state index is 12.0. The van der Waals surface area contributed by atoms with Crippen molar-refractivity contribution in [3.63, 3.8) is 0 Å². The Bertz CT molecular complexity index is 811. The van der Waals surface area contributed by atoms with Gasteiger partial charge in [0.2, 0.25) is 5.91 Å². The molecule has 1 aromatic heterocycles. The summed E-state index contributed by atoms with van der Waals surface area (Å²) in [5.41, 5.74) is 1.43. The summed E-state index contributed by atoms with van der Waals surface area (Å²) in [7, 11) is 0. The molecule has 0 radical (unpaired) electrons. The second-order valence-electron chi connectivity index (χ2n) is 5.32. The van der Waals surface area contributed by atoms with Gasteiger partial charge in [0.15, 0.2) is 0 Å². The Labute approximate surface area is 146 Å². The van der Waals surface area contributed by atoms with Crippen molar-refractivity contribution in [3.05, 3.63) is 28.6 Å². The number of hydrogen-bond donors (Lipinski definition) is 1. The zero-order chi connectivity index (χ0) is 17.5. The number of esters is 1. The molecule has 0 atom stereocenters. The zero-order valence-electron chi connectivity index (χ0n) is 14.2. The van der Waals surface area contributed by atoms with E-state index in [-0.39, 0.29) is 11.9 Å². The van der Waals surface area contributed by atoms with Crippen LogP contribution in [-0.4, -0.2) is 18.5 Å². The summed E-state index contributed by atoms with van der Waals surface area (Å²) in [4.78, 5) is 24.0. The smallest absolute Gasteiger partial charge is 0.348 e. The van der Waals surface area contributed by atoms with E-state index in [1.807, 2.05) is 12.1 Å². The molecule has 0 fully saturated rings. The van der Waals surface area contributed by atoms with Crippen LogP contribution in [-0.2, 0) is 9.53 Å². The fraction of sp³-hybridized carbons (Fsp3) is 0.368. The summed E-state index contributed by atoms with van der Waals surface area (Å²) in [6, 6.07) is 5.53. The van der Waals surface area contributed by atoms with Crippen molar-refractivity contribution in [1.82, 2.24) is 0 Å². The molecule has 0 aliphatic heterocycles. The van der Waals surface area contributed by atoms with Crippen molar-refractivity contribution in [1.29, 1.82) is 0 Å². The predicted octanol–water partition coefficient (Wildman–Crippen LogP) is 4.58. The van der Waals surface area contributed by atoms with Crippen LogP contribution in [0.15, 0.2) is 18.2 Å². The lowest BCUT2D eigenvalue weighted by atomic mass is 10.1. The monoisotopic (exact) mass is 343 g/mol. The number of ether oxygens (including phenoxy) is 1. The Morgan fingerprint density at radius 2 is 2.08 bits per heavy atom. The molecule has 0 bridgehead atoms. The Hall–Kier alpha value is -2.32. The minimum atomic E-state index is -0.329. The molecule has 2 aromatic rings. The highest BCUT2D eigenvalue weighted by Gasteiger charge is 2.15. The fourth-order valence-electron chi connectivity index (χ4n) is 2.26. The van der Waals surface area contributed by atoms with Gasteiger partial charge in [-0.3, -0.25) is 4.79 Å². The highest BCUT2D eigenvalue weighted by atomic mass is 32.1. The minimum absolute atomic E-state index is 0.146. The first-order valence-corrected chi connectivity index (χ1v) is 8.88. The van der Waals surface area contributed by atoms with Gasteiger partial charge >= 0.3 is 5.97 Å². The number of benzene rings is 1. The third kappa shape index (κ3) is 4.36. The summed E-state index contributed by atoms with van der Waals surface area (Å²) < 4.78 is 6.02. The first kappa shape index (κ1) is 18.0. The molecule has 1 amide bonds. The lowest BCUT2D eigenvalue weighted by Crippen LogP contribution is -2.07. The van der Waals surface area contributed by atoms with E-state index in [9.17, 15) is 9.59 Å². The Morgan fingerprint density at radius 1 is 1.29 bits per heavy atom. The van der Waals surface area contributed by atoms with Crippen LogP contribution >= 0.6 is 11.3 Å². The SMILES string of the molecule is CCCCC#Cc1c(NC(C)=O)ccc2sc(C(=O)OCC)cc12. The summed E-state index contributed by atoms with van der Waals surface area (Å²) in [5.74, 6) is 5.85. The number of thiophene rings is 1. The van der Waals surface area contributed by atoms with Crippen LogP contribution in [0, 0.1) is 11.8 Å². The van der Waals surface area contributed by atoms with Gasteiger partial charge in [-0.1, -0.05) is 25.2 Å². The van der Waals surface area contributed by atoms with E-state index in [0.29, 0.717) is 17.2 Å². The van der Waals surface area contributed by atoms with Crippen LogP contribution in [0.2, 0.25) is 0 Å². The number of fused-ring (bicyclic) bond motifs is 1. The van der Waals surface area contributed by atoms with Crippen LogP contribution in [0.3, 0.4) is 0 Å². The maximum atomic E-state index is 12.0. The maximum Gasteiger partial charge on any atom is 0.348 e. The first-order chi connectivity index (χ1) is 11.6. The van der Waals surface area contributed by atoms with E-state index >= 15 is 0 Å². The van der Waals surface area contributed by atoms with Crippen LogP contribution < -0.4 is 5.32 Å². The number of anilines is 1. The van der Waals surface area contributed by atoms with Gasteiger partial charge in [-0.25, -0.2) is 4.79 Å². The van der Waals surface area contributed by atoms with E-state index in [1.165, 1.54) is 18.3 Å². The number of carbonyl (C=O) groups excluding carboxylic acids is 2. The molecular formula is C19H21NO3S. The summed E-state index contributed by atoms with van der Waals surface area (Å²) in [6.07, 6.45) is 2.93. The molecule has 0 spiro atoms. The molecule has 0 aliphatic carbocycles. The van der Waals surface area contributed by atoms with Crippen molar-refractivity contribution >= 4 is 39.0 Å². The molecular weight excluding hydrogens is 322 g/mol. The number of carbonyl (C=O) groups is 2. The van der Waals surface area contributed by atoms with Crippen LogP contribution in [0.1, 0.15) is 55.3 Å². The molecule has 4 nitrogen and oxygen atoms in total. The lowest BCUT2D eigenvalue weighted by molar-refractivity contribution is -0.114. The average Bonchev–Trinajstić information content (AvgIpc) is 2.97. The van der Waals surface area contributed by atoms with Gasteiger partial charge in [-0.15, -0.1) is 11.3 Å². The van der Waals surface area contributed by atoms with E-state index < -0.39 is 0 Å². The predicted molar refractivity (Wildman–Crippen MR) is 98.5 cm³/mol. The Morgan fingerprint density at radius 3 is 2.75 bits per heavy atom. The molecule has 5 heteroatoms. The zero-order valence-corrected chi connectivity index (χ0v) is 15.0. The number of amides is 1. The number of nitrogens with one attached hydrogen (secondary N) is 1. The third-order valence-electron chi connectivity index (χ3n) is 3.36. The molecule has 0 saturated carbocycles. The van der Waals surface area contributed by atoms with Gasteiger partial charge in [0.1, 0.15) is 4.88 Å². The van der Waals surface area contributed by atoms with Crippen molar-refractivity contribution in [2.24, 2.45) is 0 Å². The Balaban J connectivity index is 2.50. The normalized spacial score (nSPS) is 10.1. The quantitative estimate of drug-likeness (QED) is 0.491. The summed E-state index contributed by atoms with van der Waals surface area (Å²) >= 11 is 1.38. The molecule has 0 aliphatic rings. The van der Waals surface area contributed by atoms with Crippen molar-refractivity contribution in [2.45, 2.75) is 40.0 Å². The van der Waals surface area contributed by atoms with Gasteiger partial charge < -0.3 is 10.1 Å². The largest absolute Gasteiger partial charge is 0.462 e. The third-order valence-corrected chi connectivity index (χ3v) is 4.44. The molecule has 126 valence electrons. The minimum Gasteiger partial charge on any atom is -0.462 e. The van der Waals surface area contributed by atoms with Gasteiger partial charge in [0.05, 0.1) is 17.9 Å². The molecule has 1 N–H and O–H groups in total. The number of unbranched alkanes of at least 4 members (excludes halogenated alkanes) is 2. The average molecular weight is 343 g/mol. The van der Waals surface area contributed by atoms with Gasteiger partial charge in [-0.05, 0) is 31.5 Å². The van der Waals surface area contributed by atoms with Crippen molar-refractivity contribution in [2.75, 3.05) is 11.9 Å². The standard InChI is InChI=1S/C19H21NO3S/c1-4-6-7-8-9-14-15-12-18(19(22)23-5-2)24-17(15)11-10-16(14)20-13(3)21/h10-12H,4-7H2,1-3H3,(H,20,21). The highest BCUT2D eigenvalue weighted by molar-refractivity contribution is 7.20. The molecule has 1 heterocycles. The summed E-state index contributed by atoms with van der Waals surface area (Å²) in [6.45, 7) is 5.71. The van der Waals surface area contributed by atoms with Gasteiger partial charge in [0, 0.05) is 23.4 Å². The van der Waals surface area contributed by atoms with Gasteiger partial charge in [0.25, 0.3) is 0 Å². The molecule has 0 saturated heterocycles. The van der Waals surface area contributed by atoms with E-state index in [0.717, 1.165) is 34.9 Å². The second-order valence-corrected chi connectivity index (χ2v) is 6.40. The topological polar surface area (TPSA) is 55.4 Å². The van der Waals surface area contributed by atoms with E-state index in [4.69, 9.17) is 4.74 Å². The summed E-state index contributed by atoms with van der Waals surface area (Å²) in [5, 5.41) is 3.69. The molecule has 2 rings (SSSR count). The first-order valence-electron chi connectivity index (χ1n) is 8.07. The van der Waals surface area contributed by atoms with Crippen LogP contribution in [0.5, 0.6) is 0 Å². The van der Waals surface area contributed by atoms with Gasteiger partial charge in [-0.2, -0.15) is 0 Å². The van der Waals surface area contributed by atoms with Crippen molar-refractivity contribution in [3.8, 4) is 11.8 Å². The van der Waals surface area contributed by atoms with Crippen LogP contribution in [0.4, 0.5) is 5.69 Å². The van der Waals surface area contributed by atoms with E-state index in [1.54, 1.807) is 13.0 Å².